The molecule has 198 valence electrons. The summed E-state index contributed by atoms with van der Waals surface area (Å²) in [4.78, 5) is 13.3. The van der Waals surface area contributed by atoms with E-state index in [0.717, 1.165) is 61.1 Å². The zero-order valence-corrected chi connectivity index (χ0v) is 22.5. The SMILES string of the molecule is C1CCCC1.COCCCCC(O)(c1cccc(C)c1Oc1ccccc1C)C1CCCN(C=O)C1. The molecule has 2 fully saturated rings. The Kier molecular flexibility index (Phi) is 11.3. The number of aryl methyl sites for hydroxylation is 2. The van der Waals surface area contributed by atoms with Crippen molar-refractivity contribution in [1.29, 1.82) is 0 Å². The lowest BCUT2D eigenvalue weighted by Gasteiger charge is -2.42. The van der Waals surface area contributed by atoms with Crippen LogP contribution in [0.4, 0.5) is 0 Å². The van der Waals surface area contributed by atoms with Crippen LogP contribution >= 0.6 is 0 Å². The molecule has 1 aliphatic carbocycles. The number of nitrogens with zero attached hydrogens (tertiary/aromatic N) is 1. The van der Waals surface area contributed by atoms with Crippen molar-refractivity contribution in [2.24, 2.45) is 5.92 Å². The average molecular weight is 496 g/mol. The highest BCUT2D eigenvalue weighted by molar-refractivity contribution is 5.50. The molecule has 4 rings (SSSR count). The van der Waals surface area contributed by atoms with Gasteiger partial charge < -0.3 is 19.5 Å². The maximum Gasteiger partial charge on any atom is 0.209 e. The lowest BCUT2D eigenvalue weighted by atomic mass is 9.73. The Bertz CT molecular complexity index is 934. The highest BCUT2D eigenvalue weighted by atomic mass is 16.5. The number of ether oxygens (including phenoxy) is 2. The Hall–Kier alpha value is -2.37. The first kappa shape index (κ1) is 28.2. The number of carbonyl (C=O) groups is 1. The Balaban J connectivity index is 0.000000642. The van der Waals surface area contributed by atoms with Gasteiger partial charge in [0.2, 0.25) is 6.41 Å². The van der Waals surface area contributed by atoms with Crippen molar-refractivity contribution in [3.63, 3.8) is 0 Å². The van der Waals surface area contributed by atoms with Crippen molar-refractivity contribution in [1.82, 2.24) is 4.90 Å². The van der Waals surface area contributed by atoms with Crippen molar-refractivity contribution in [2.45, 2.75) is 83.7 Å². The number of likely N-dealkylation sites (tertiary alicyclic amines) is 1. The number of methoxy groups -OCH3 is 1. The van der Waals surface area contributed by atoms with Gasteiger partial charge in [0, 0.05) is 38.3 Å². The lowest BCUT2D eigenvalue weighted by Crippen LogP contribution is -2.46. The Morgan fingerprint density at radius 3 is 2.33 bits per heavy atom. The number of hydrogen-bond donors (Lipinski definition) is 1. The summed E-state index contributed by atoms with van der Waals surface area (Å²) in [5.41, 5.74) is 1.76. The van der Waals surface area contributed by atoms with Gasteiger partial charge in [0.15, 0.2) is 0 Å². The first-order chi connectivity index (χ1) is 17.5. The molecule has 36 heavy (non-hydrogen) atoms. The molecule has 2 unspecified atom stereocenters. The van der Waals surface area contributed by atoms with Gasteiger partial charge in [-0.1, -0.05) is 68.5 Å². The van der Waals surface area contributed by atoms with Gasteiger partial charge in [-0.3, -0.25) is 4.79 Å². The molecular formula is C31H45NO4. The first-order valence-electron chi connectivity index (χ1n) is 13.7. The van der Waals surface area contributed by atoms with Crippen LogP contribution in [-0.4, -0.2) is 43.2 Å². The van der Waals surface area contributed by atoms with E-state index in [-0.39, 0.29) is 5.92 Å². The second-order valence-electron chi connectivity index (χ2n) is 10.4. The predicted octanol–water partition coefficient (Wildman–Crippen LogP) is 6.92. The first-order valence-corrected chi connectivity index (χ1v) is 13.7. The van der Waals surface area contributed by atoms with Crippen LogP contribution in [0.15, 0.2) is 42.5 Å². The number of piperidine rings is 1. The van der Waals surface area contributed by atoms with Crippen LogP contribution in [0.25, 0.3) is 0 Å². The van der Waals surface area contributed by atoms with Crippen LogP contribution in [0.2, 0.25) is 0 Å². The summed E-state index contributed by atoms with van der Waals surface area (Å²) in [6, 6.07) is 13.9. The minimum atomic E-state index is -1.08. The molecule has 1 saturated heterocycles. The molecule has 1 heterocycles. The van der Waals surface area contributed by atoms with Crippen molar-refractivity contribution in [3.05, 3.63) is 59.2 Å². The van der Waals surface area contributed by atoms with Gasteiger partial charge in [0.05, 0.1) is 5.60 Å². The molecule has 1 aliphatic heterocycles. The van der Waals surface area contributed by atoms with Crippen LogP contribution < -0.4 is 4.74 Å². The summed E-state index contributed by atoms with van der Waals surface area (Å²) in [7, 11) is 1.70. The van der Waals surface area contributed by atoms with E-state index in [1.165, 1.54) is 32.1 Å². The van der Waals surface area contributed by atoms with E-state index in [0.29, 0.717) is 25.3 Å². The van der Waals surface area contributed by atoms with Crippen molar-refractivity contribution in [2.75, 3.05) is 26.8 Å². The molecule has 0 aromatic heterocycles. The third-order valence-electron chi connectivity index (χ3n) is 7.67. The summed E-state index contributed by atoms with van der Waals surface area (Å²) in [5, 5.41) is 12.2. The quantitative estimate of drug-likeness (QED) is 0.287. The minimum Gasteiger partial charge on any atom is -0.456 e. The van der Waals surface area contributed by atoms with Gasteiger partial charge in [-0.15, -0.1) is 0 Å². The Morgan fingerprint density at radius 2 is 1.67 bits per heavy atom. The maximum atomic E-state index is 12.2. The molecule has 2 atom stereocenters. The van der Waals surface area contributed by atoms with E-state index in [9.17, 15) is 9.90 Å². The van der Waals surface area contributed by atoms with Crippen LogP contribution in [0.5, 0.6) is 11.5 Å². The third kappa shape index (κ3) is 7.57. The van der Waals surface area contributed by atoms with Crippen LogP contribution in [0.3, 0.4) is 0 Å². The van der Waals surface area contributed by atoms with Crippen molar-refractivity contribution >= 4 is 6.41 Å². The average Bonchev–Trinajstić information content (AvgIpc) is 3.49. The van der Waals surface area contributed by atoms with Crippen LogP contribution in [0, 0.1) is 19.8 Å². The molecule has 1 N–H and O–H groups in total. The fourth-order valence-electron chi connectivity index (χ4n) is 5.49. The van der Waals surface area contributed by atoms with E-state index < -0.39 is 5.60 Å². The van der Waals surface area contributed by atoms with E-state index in [2.05, 4.69) is 0 Å². The molecule has 1 amide bonds. The molecule has 1 saturated carbocycles. The normalized spacial score (nSPS) is 19.2. The highest BCUT2D eigenvalue weighted by Crippen LogP contribution is 2.45. The van der Waals surface area contributed by atoms with E-state index in [1.807, 2.05) is 56.3 Å². The van der Waals surface area contributed by atoms with E-state index in [4.69, 9.17) is 9.47 Å². The van der Waals surface area contributed by atoms with Crippen molar-refractivity contribution < 1.29 is 19.4 Å². The van der Waals surface area contributed by atoms with Gasteiger partial charge in [0.25, 0.3) is 0 Å². The summed E-state index contributed by atoms with van der Waals surface area (Å²) >= 11 is 0. The summed E-state index contributed by atoms with van der Waals surface area (Å²) in [6.45, 7) is 6.01. The molecule has 0 spiro atoms. The summed E-state index contributed by atoms with van der Waals surface area (Å²) < 4.78 is 11.6. The third-order valence-corrected chi connectivity index (χ3v) is 7.67. The number of unbranched alkanes of at least 4 members (excludes halogenated alkanes) is 1. The molecule has 5 heteroatoms. The number of carbonyl (C=O) groups excluding carboxylic acids is 1. The Labute approximate surface area is 217 Å². The largest absolute Gasteiger partial charge is 0.456 e. The van der Waals surface area contributed by atoms with Gasteiger partial charge in [0.1, 0.15) is 11.5 Å². The highest BCUT2D eigenvalue weighted by Gasteiger charge is 2.42. The molecule has 2 aromatic carbocycles. The van der Waals surface area contributed by atoms with Gasteiger partial charge in [-0.05, 0) is 63.1 Å². The molecule has 5 nitrogen and oxygen atoms in total. The molecular weight excluding hydrogens is 450 g/mol. The zero-order valence-electron chi connectivity index (χ0n) is 22.5. The van der Waals surface area contributed by atoms with Gasteiger partial charge in [-0.2, -0.15) is 0 Å². The minimum absolute atomic E-state index is 0.0463. The Morgan fingerprint density at radius 1 is 0.972 bits per heavy atom. The fraction of sp³-hybridized carbons (Fsp3) is 0.581. The predicted molar refractivity (Wildman–Crippen MR) is 146 cm³/mol. The number of rotatable bonds is 10. The number of para-hydroxylation sites is 2. The summed E-state index contributed by atoms with van der Waals surface area (Å²) in [6.07, 6.45) is 12.5. The summed E-state index contributed by atoms with van der Waals surface area (Å²) in [5.74, 6) is 1.46. The second kappa shape index (κ2) is 14.4. The van der Waals surface area contributed by atoms with E-state index >= 15 is 0 Å². The van der Waals surface area contributed by atoms with Crippen LogP contribution in [-0.2, 0) is 15.1 Å². The molecule has 2 aliphatic rings. The smallest absolute Gasteiger partial charge is 0.209 e. The van der Waals surface area contributed by atoms with E-state index in [1.54, 1.807) is 12.0 Å². The lowest BCUT2D eigenvalue weighted by molar-refractivity contribution is -0.123. The monoisotopic (exact) mass is 495 g/mol. The standard InChI is InChI=1S/C26H35NO4.C5H10/c1-20-10-4-5-14-24(20)31-25-21(2)11-8-13-23(25)26(29,15-6-7-17-30-3)22-12-9-16-27(18-22)19-28;1-2-4-5-3-1/h4-5,8,10-11,13-14,19,22,29H,6-7,9,12,15-18H2,1-3H3;1-5H2. The second-order valence-corrected chi connectivity index (χ2v) is 10.4. The number of benzene rings is 2. The fourth-order valence-corrected chi connectivity index (χ4v) is 5.49. The van der Waals surface area contributed by atoms with Gasteiger partial charge >= 0.3 is 0 Å². The molecule has 0 radical (unpaired) electrons. The number of aliphatic hydroxyl groups is 1. The molecule has 2 aromatic rings. The van der Waals surface area contributed by atoms with Crippen molar-refractivity contribution in [3.8, 4) is 11.5 Å². The number of amides is 1. The van der Waals surface area contributed by atoms with Gasteiger partial charge in [-0.25, -0.2) is 0 Å². The topological polar surface area (TPSA) is 59.0 Å². The van der Waals surface area contributed by atoms with Crippen LogP contribution in [0.1, 0.15) is 80.9 Å². The zero-order chi connectivity index (χ0) is 25.8. The molecule has 0 bridgehead atoms. The maximum absolute atomic E-state index is 12.2. The number of hydrogen-bond acceptors (Lipinski definition) is 4.